The topological polar surface area (TPSA) is 50.4 Å². The van der Waals surface area contributed by atoms with Crippen molar-refractivity contribution in [3.63, 3.8) is 0 Å². The van der Waals surface area contributed by atoms with Gasteiger partial charge in [-0.1, -0.05) is 12.1 Å². The van der Waals surface area contributed by atoms with E-state index >= 15 is 0 Å². The van der Waals surface area contributed by atoms with Crippen LogP contribution in [0.5, 0.6) is 0 Å². The van der Waals surface area contributed by atoms with Crippen LogP contribution in [0.1, 0.15) is 24.1 Å². The monoisotopic (exact) mass is 340 g/mol. The Morgan fingerprint density at radius 3 is 2.36 bits per heavy atom. The summed E-state index contributed by atoms with van der Waals surface area (Å²) < 4.78 is 42.2. The first-order valence-electron chi connectivity index (χ1n) is 6.50. The highest BCUT2D eigenvalue weighted by molar-refractivity contribution is 5.85. The molecule has 1 amide bonds. The Bertz CT molecular complexity index is 452. The summed E-state index contributed by atoms with van der Waals surface area (Å²) in [6.07, 6.45) is -4.35. The standard InChI is InChI=1S/C14H19F3N2O2.ClH/c1-10(19-13(20)9-18-7-8-21-2)11-3-5-12(6-4-11)14(15,16)17;/h3-6,10,18H,7-9H2,1-2H3,(H,19,20);1H. The summed E-state index contributed by atoms with van der Waals surface area (Å²) in [4.78, 5) is 11.6. The van der Waals surface area contributed by atoms with Crippen LogP contribution in [0.15, 0.2) is 24.3 Å². The highest BCUT2D eigenvalue weighted by Crippen LogP contribution is 2.29. The number of hydrogen-bond acceptors (Lipinski definition) is 3. The van der Waals surface area contributed by atoms with E-state index in [1.165, 1.54) is 12.1 Å². The Labute approximate surface area is 133 Å². The summed E-state index contributed by atoms with van der Waals surface area (Å²) in [5.41, 5.74) is -0.0840. The van der Waals surface area contributed by atoms with Crippen molar-refractivity contribution in [1.82, 2.24) is 10.6 Å². The fraction of sp³-hybridized carbons (Fsp3) is 0.500. The number of nitrogens with one attached hydrogen (secondary N) is 2. The van der Waals surface area contributed by atoms with Crippen LogP contribution >= 0.6 is 12.4 Å². The van der Waals surface area contributed by atoms with Crippen LogP contribution in [0, 0.1) is 0 Å². The predicted octanol–water partition coefficient (Wildman–Crippen LogP) is 2.54. The van der Waals surface area contributed by atoms with Crippen molar-refractivity contribution in [3.8, 4) is 0 Å². The highest BCUT2D eigenvalue weighted by Gasteiger charge is 2.30. The largest absolute Gasteiger partial charge is 0.416 e. The summed E-state index contributed by atoms with van der Waals surface area (Å²) in [5, 5.41) is 5.59. The minimum Gasteiger partial charge on any atom is -0.383 e. The van der Waals surface area contributed by atoms with Crippen molar-refractivity contribution in [2.75, 3.05) is 26.8 Å². The quantitative estimate of drug-likeness (QED) is 0.750. The average molecular weight is 341 g/mol. The smallest absolute Gasteiger partial charge is 0.383 e. The zero-order valence-corrected chi connectivity index (χ0v) is 13.2. The first-order chi connectivity index (χ1) is 9.84. The molecule has 8 heteroatoms. The van der Waals surface area contributed by atoms with Gasteiger partial charge in [0.05, 0.1) is 24.8 Å². The van der Waals surface area contributed by atoms with Gasteiger partial charge in [0.25, 0.3) is 0 Å². The van der Waals surface area contributed by atoms with Gasteiger partial charge < -0.3 is 15.4 Å². The molecule has 0 saturated carbocycles. The fourth-order valence-corrected chi connectivity index (χ4v) is 1.71. The third-order valence-electron chi connectivity index (χ3n) is 2.88. The summed E-state index contributed by atoms with van der Waals surface area (Å²) in [6.45, 7) is 2.91. The summed E-state index contributed by atoms with van der Waals surface area (Å²) in [5.74, 6) is -0.224. The summed E-state index contributed by atoms with van der Waals surface area (Å²) >= 11 is 0. The molecule has 0 saturated heterocycles. The maximum Gasteiger partial charge on any atom is 0.416 e. The lowest BCUT2D eigenvalue weighted by molar-refractivity contribution is -0.137. The average Bonchev–Trinajstić information content (AvgIpc) is 2.43. The van der Waals surface area contributed by atoms with Crippen LogP contribution in [-0.2, 0) is 15.7 Å². The second kappa shape index (κ2) is 9.66. The molecule has 0 spiro atoms. The van der Waals surface area contributed by atoms with E-state index in [2.05, 4.69) is 10.6 Å². The predicted molar refractivity (Wildman–Crippen MR) is 80.0 cm³/mol. The van der Waals surface area contributed by atoms with E-state index in [9.17, 15) is 18.0 Å². The van der Waals surface area contributed by atoms with E-state index in [0.29, 0.717) is 18.7 Å². The van der Waals surface area contributed by atoms with Gasteiger partial charge in [-0.2, -0.15) is 13.2 Å². The van der Waals surface area contributed by atoms with Crippen LogP contribution < -0.4 is 10.6 Å². The second-order valence-electron chi connectivity index (χ2n) is 4.58. The minimum atomic E-state index is -4.35. The molecule has 0 aliphatic rings. The van der Waals surface area contributed by atoms with E-state index in [1.54, 1.807) is 14.0 Å². The van der Waals surface area contributed by atoms with Gasteiger partial charge in [-0.3, -0.25) is 4.79 Å². The number of carbonyl (C=O) groups is 1. The second-order valence-corrected chi connectivity index (χ2v) is 4.58. The lowest BCUT2D eigenvalue weighted by Crippen LogP contribution is -2.36. The summed E-state index contributed by atoms with van der Waals surface area (Å²) in [6, 6.07) is 4.39. The molecule has 2 N–H and O–H groups in total. The van der Waals surface area contributed by atoms with Crippen molar-refractivity contribution in [2.45, 2.75) is 19.1 Å². The highest BCUT2D eigenvalue weighted by atomic mass is 35.5. The van der Waals surface area contributed by atoms with Gasteiger partial charge in [0.1, 0.15) is 0 Å². The number of halogens is 4. The molecule has 1 aromatic carbocycles. The van der Waals surface area contributed by atoms with Crippen molar-refractivity contribution in [1.29, 1.82) is 0 Å². The third-order valence-corrected chi connectivity index (χ3v) is 2.88. The number of hydrogen-bond donors (Lipinski definition) is 2. The van der Waals surface area contributed by atoms with Crippen molar-refractivity contribution < 1.29 is 22.7 Å². The Kier molecular flexibility index (Phi) is 9.08. The molecule has 0 heterocycles. The van der Waals surface area contributed by atoms with Gasteiger partial charge in [-0.05, 0) is 24.6 Å². The molecule has 1 rings (SSSR count). The molecule has 126 valence electrons. The molecule has 1 unspecified atom stereocenters. The van der Waals surface area contributed by atoms with Crippen LogP contribution in [0.4, 0.5) is 13.2 Å². The molecule has 1 aromatic rings. The van der Waals surface area contributed by atoms with Crippen LogP contribution in [0.2, 0.25) is 0 Å². The Hall–Kier alpha value is -1.31. The van der Waals surface area contributed by atoms with E-state index in [0.717, 1.165) is 12.1 Å². The number of carbonyl (C=O) groups excluding carboxylic acids is 1. The molecule has 1 atom stereocenters. The van der Waals surface area contributed by atoms with Gasteiger partial charge in [-0.25, -0.2) is 0 Å². The van der Waals surface area contributed by atoms with E-state index in [-0.39, 0.29) is 30.9 Å². The molecular formula is C14H20ClF3N2O2. The molecule has 4 nitrogen and oxygen atoms in total. The molecule has 22 heavy (non-hydrogen) atoms. The van der Waals surface area contributed by atoms with Crippen LogP contribution in [0.3, 0.4) is 0 Å². The first-order valence-corrected chi connectivity index (χ1v) is 6.50. The molecule has 0 aromatic heterocycles. The van der Waals surface area contributed by atoms with Gasteiger partial charge in [-0.15, -0.1) is 12.4 Å². The van der Waals surface area contributed by atoms with Crippen LogP contribution in [-0.4, -0.2) is 32.7 Å². The number of methoxy groups -OCH3 is 1. The number of amides is 1. The van der Waals surface area contributed by atoms with E-state index < -0.39 is 11.7 Å². The number of benzene rings is 1. The van der Waals surface area contributed by atoms with Gasteiger partial charge in [0.15, 0.2) is 0 Å². The molecule has 0 aliphatic carbocycles. The van der Waals surface area contributed by atoms with Crippen molar-refractivity contribution >= 4 is 18.3 Å². The van der Waals surface area contributed by atoms with Gasteiger partial charge in [0, 0.05) is 13.7 Å². The molecule has 0 radical (unpaired) electrons. The Morgan fingerprint density at radius 1 is 1.27 bits per heavy atom. The zero-order valence-electron chi connectivity index (χ0n) is 12.4. The maximum atomic E-state index is 12.4. The third kappa shape index (κ3) is 7.11. The number of rotatable bonds is 7. The molecular weight excluding hydrogens is 321 g/mol. The Balaban J connectivity index is 0.00000441. The van der Waals surface area contributed by atoms with E-state index in [1.807, 2.05) is 0 Å². The fourth-order valence-electron chi connectivity index (χ4n) is 1.71. The first kappa shape index (κ1) is 20.7. The lowest BCUT2D eigenvalue weighted by atomic mass is 10.1. The summed E-state index contributed by atoms with van der Waals surface area (Å²) in [7, 11) is 1.56. The molecule has 0 aliphatic heterocycles. The minimum absolute atomic E-state index is 0. The normalized spacial score (nSPS) is 12.4. The lowest BCUT2D eigenvalue weighted by Gasteiger charge is -2.15. The zero-order chi connectivity index (χ0) is 15.9. The number of ether oxygens (including phenoxy) is 1. The number of alkyl halides is 3. The van der Waals surface area contributed by atoms with E-state index in [4.69, 9.17) is 4.74 Å². The van der Waals surface area contributed by atoms with Crippen molar-refractivity contribution in [3.05, 3.63) is 35.4 Å². The SMILES string of the molecule is COCCNCC(=O)NC(C)c1ccc(C(F)(F)F)cc1.Cl. The van der Waals surface area contributed by atoms with Gasteiger partial charge in [0.2, 0.25) is 5.91 Å². The Morgan fingerprint density at radius 2 is 1.86 bits per heavy atom. The van der Waals surface area contributed by atoms with Crippen molar-refractivity contribution in [2.24, 2.45) is 0 Å². The van der Waals surface area contributed by atoms with Gasteiger partial charge >= 0.3 is 6.18 Å². The maximum absolute atomic E-state index is 12.4. The van der Waals surface area contributed by atoms with Crippen LogP contribution in [0.25, 0.3) is 0 Å². The molecule has 0 bridgehead atoms. The molecule has 0 fully saturated rings.